The summed E-state index contributed by atoms with van der Waals surface area (Å²) in [7, 11) is -7.74. The first kappa shape index (κ1) is 30.3. The van der Waals surface area contributed by atoms with Crippen LogP contribution >= 0.6 is 23.2 Å². The molecule has 0 aromatic heterocycles. The first-order valence-electron chi connectivity index (χ1n) is 12.4. The van der Waals surface area contributed by atoms with Gasteiger partial charge in [0, 0.05) is 10.9 Å². The van der Waals surface area contributed by atoms with Gasteiger partial charge >= 0.3 is 10.1 Å². The van der Waals surface area contributed by atoms with Crippen LogP contribution in [0.5, 0.6) is 5.75 Å². The number of hydrogen-bond donors (Lipinski definition) is 1. The highest BCUT2D eigenvalue weighted by Crippen LogP contribution is 2.42. The van der Waals surface area contributed by atoms with Crippen LogP contribution in [0.1, 0.15) is 37.4 Å². The van der Waals surface area contributed by atoms with Crippen molar-refractivity contribution in [1.29, 1.82) is 0 Å². The third-order valence-electron chi connectivity index (χ3n) is 6.44. The minimum atomic E-state index is -4.04. The molecule has 13 heteroatoms. The molecule has 0 aliphatic carbocycles. The summed E-state index contributed by atoms with van der Waals surface area (Å²) in [5, 5.41) is 7.19. The zero-order valence-electron chi connectivity index (χ0n) is 21.9. The number of anilines is 1. The van der Waals surface area contributed by atoms with Crippen LogP contribution in [-0.4, -0.2) is 34.8 Å². The number of rotatable bonds is 10. The second kappa shape index (κ2) is 12.0. The van der Waals surface area contributed by atoms with Gasteiger partial charge in [-0.25, -0.2) is 17.5 Å². The molecule has 40 heavy (non-hydrogen) atoms. The van der Waals surface area contributed by atoms with Crippen LogP contribution in [0.25, 0.3) is 0 Å². The molecule has 1 aliphatic heterocycles. The van der Waals surface area contributed by atoms with Gasteiger partial charge in [-0.05, 0) is 66.9 Å². The van der Waals surface area contributed by atoms with Crippen LogP contribution in [0.2, 0.25) is 10.0 Å². The highest BCUT2D eigenvalue weighted by molar-refractivity contribution is 7.89. The third kappa shape index (κ3) is 6.77. The summed E-state index contributed by atoms with van der Waals surface area (Å²) in [5.41, 5.74) is 2.24. The van der Waals surface area contributed by atoms with E-state index in [0.717, 1.165) is 11.6 Å². The van der Waals surface area contributed by atoms with Crippen molar-refractivity contribution >= 4 is 54.7 Å². The molecule has 2 unspecified atom stereocenters. The van der Waals surface area contributed by atoms with Crippen LogP contribution in [0, 0.1) is 18.7 Å². The summed E-state index contributed by atoms with van der Waals surface area (Å²) in [4.78, 5) is -0.151. The molecular formula is C27H28Cl2FN3O5S2. The quantitative estimate of drug-likeness (QED) is 0.273. The second-order valence-corrected chi connectivity index (χ2v) is 13.7. The molecular weight excluding hydrogens is 600 g/mol. The summed E-state index contributed by atoms with van der Waals surface area (Å²) < 4.78 is 71.7. The number of hydrogen-bond acceptors (Lipinski definition) is 7. The maximum atomic E-state index is 13.8. The lowest BCUT2D eigenvalue weighted by Crippen LogP contribution is -2.32. The SMILES string of the molecule is CCCS(=O)(=O)Oc1ccc(C2C(C)C(CNS(=O)(=O)c3cc(F)ccc3C)=NN2c2ccc(Cl)cc2Cl)cc1. The summed E-state index contributed by atoms with van der Waals surface area (Å²) in [6.45, 7) is 5.10. The van der Waals surface area contributed by atoms with E-state index in [2.05, 4.69) is 4.72 Å². The third-order valence-corrected chi connectivity index (χ3v) is 9.87. The molecule has 4 rings (SSSR count). The van der Waals surface area contributed by atoms with Gasteiger partial charge in [0.1, 0.15) is 11.6 Å². The minimum absolute atomic E-state index is 0.0977. The van der Waals surface area contributed by atoms with Crippen molar-refractivity contribution in [1.82, 2.24) is 4.72 Å². The van der Waals surface area contributed by atoms with E-state index in [-0.39, 0.29) is 28.9 Å². The predicted octanol–water partition coefficient (Wildman–Crippen LogP) is 6.09. The summed E-state index contributed by atoms with van der Waals surface area (Å²) in [6.07, 6.45) is 0.430. The molecule has 0 spiro atoms. The van der Waals surface area contributed by atoms with Gasteiger partial charge in [-0.2, -0.15) is 13.5 Å². The van der Waals surface area contributed by atoms with Crippen molar-refractivity contribution in [2.24, 2.45) is 11.0 Å². The smallest absolute Gasteiger partial charge is 0.309 e. The van der Waals surface area contributed by atoms with Gasteiger partial charge in [-0.1, -0.05) is 55.2 Å². The lowest BCUT2D eigenvalue weighted by Gasteiger charge is -2.28. The van der Waals surface area contributed by atoms with E-state index in [1.807, 2.05) is 6.92 Å². The van der Waals surface area contributed by atoms with Crippen molar-refractivity contribution < 1.29 is 25.4 Å². The van der Waals surface area contributed by atoms with Gasteiger partial charge in [0.05, 0.1) is 39.7 Å². The molecule has 3 aromatic carbocycles. The molecule has 8 nitrogen and oxygen atoms in total. The molecule has 214 valence electrons. The largest absolute Gasteiger partial charge is 0.382 e. The molecule has 0 saturated heterocycles. The van der Waals surface area contributed by atoms with Crippen LogP contribution in [0.3, 0.4) is 0 Å². The van der Waals surface area contributed by atoms with Gasteiger partial charge in [0.2, 0.25) is 10.0 Å². The Kier molecular flexibility index (Phi) is 9.11. The fraction of sp³-hybridized carbons (Fsp3) is 0.296. The van der Waals surface area contributed by atoms with E-state index in [1.165, 1.54) is 12.1 Å². The number of nitrogens with one attached hydrogen (secondary N) is 1. The second-order valence-electron chi connectivity index (χ2n) is 9.41. The van der Waals surface area contributed by atoms with Gasteiger partial charge in [0.25, 0.3) is 0 Å². The zero-order chi connectivity index (χ0) is 29.2. The Morgan fingerprint density at radius 3 is 2.38 bits per heavy atom. The number of halogens is 3. The monoisotopic (exact) mass is 627 g/mol. The highest BCUT2D eigenvalue weighted by Gasteiger charge is 2.37. The molecule has 0 saturated carbocycles. The molecule has 0 amide bonds. The van der Waals surface area contributed by atoms with Crippen molar-refractivity contribution in [3.05, 3.63) is 87.7 Å². The first-order valence-corrected chi connectivity index (χ1v) is 16.2. The van der Waals surface area contributed by atoms with E-state index in [4.69, 9.17) is 32.5 Å². The van der Waals surface area contributed by atoms with Crippen molar-refractivity contribution in [2.75, 3.05) is 17.3 Å². The number of aryl methyl sites for hydroxylation is 1. The van der Waals surface area contributed by atoms with Gasteiger partial charge in [-0.3, -0.25) is 5.01 Å². The van der Waals surface area contributed by atoms with Crippen LogP contribution < -0.4 is 13.9 Å². The molecule has 1 N–H and O–H groups in total. The van der Waals surface area contributed by atoms with E-state index >= 15 is 0 Å². The lowest BCUT2D eigenvalue weighted by atomic mass is 9.91. The van der Waals surface area contributed by atoms with E-state index in [1.54, 1.807) is 61.3 Å². The molecule has 0 fully saturated rings. The fourth-order valence-electron chi connectivity index (χ4n) is 4.45. The van der Waals surface area contributed by atoms with Crippen LogP contribution in [0.4, 0.5) is 10.1 Å². The maximum Gasteiger partial charge on any atom is 0.309 e. The highest BCUT2D eigenvalue weighted by atomic mass is 35.5. The van der Waals surface area contributed by atoms with E-state index < -0.39 is 32.0 Å². The number of hydrazone groups is 1. The Hall–Kier alpha value is -2.70. The fourth-order valence-corrected chi connectivity index (χ4v) is 7.19. The number of nitrogens with zero attached hydrogens (tertiary/aromatic N) is 2. The van der Waals surface area contributed by atoms with Crippen molar-refractivity contribution in [3.8, 4) is 5.75 Å². The average Bonchev–Trinajstić information content (AvgIpc) is 3.20. The Bertz CT molecular complexity index is 1650. The zero-order valence-corrected chi connectivity index (χ0v) is 25.1. The molecule has 1 aliphatic rings. The Morgan fingerprint density at radius 2 is 1.73 bits per heavy atom. The molecule has 3 aromatic rings. The summed E-state index contributed by atoms with van der Waals surface area (Å²) >= 11 is 12.6. The molecule has 0 bridgehead atoms. The Morgan fingerprint density at radius 1 is 1.02 bits per heavy atom. The van der Waals surface area contributed by atoms with Crippen LogP contribution in [-0.2, 0) is 20.1 Å². The minimum Gasteiger partial charge on any atom is -0.382 e. The number of sulfonamides is 1. The van der Waals surface area contributed by atoms with Crippen molar-refractivity contribution in [3.63, 3.8) is 0 Å². The van der Waals surface area contributed by atoms with Crippen molar-refractivity contribution in [2.45, 2.75) is 38.1 Å². The maximum absolute atomic E-state index is 13.8. The summed E-state index contributed by atoms with van der Waals surface area (Å²) in [5.74, 6) is -0.882. The predicted molar refractivity (Wildman–Crippen MR) is 156 cm³/mol. The first-order chi connectivity index (χ1) is 18.8. The van der Waals surface area contributed by atoms with E-state index in [0.29, 0.717) is 33.4 Å². The Labute approximate surface area is 243 Å². The average molecular weight is 629 g/mol. The van der Waals surface area contributed by atoms with Crippen LogP contribution in [0.15, 0.2) is 70.7 Å². The number of benzene rings is 3. The normalized spacial score (nSPS) is 17.6. The Balaban J connectivity index is 1.65. The summed E-state index contributed by atoms with van der Waals surface area (Å²) in [6, 6.07) is 14.7. The molecule has 0 radical (unpaired) electrons. The topological polar surface area (TPSA) is 105 Å². The molecule has 1 heterocycles. The standard InChI is InChI=1S/C27H28Cl2FN3O5S2/c1-4-13-39(34,35)38-22-10-6-19(7-11-22)27-18(3)24(32-33(27)25-12-8-20(28)14-23(25)29)16-31-40(36,37)26-15-21(30)9-5-17(26)2/h5-12,14-15,18,27,31H,4,13,16H2,1-3H3. The van der Waals surface area contributed by atoms with E-state index in [9.17, 15) is 21.2 Å². The van der Waals surface area contributed by atoms with Gasteiger partial charge in [0.15, 0.2) is 0 Å². The molecule has 2 atom stereocenters. The lowest BCUT2D eigenvalue weighted by molar-refractivity contribution is 0.484. The van der Waals surface area contributed by atoms with Gasteiger partial charge < -0.3 is 4.18 Å². The van der Waals surface area contributed by atoms with Gasteiger partial charge in [-0.15, -0.1) is 0 Å².